The Hall–Kier alpha value is -2.42. The number of ether oxygens (including phenoxy) is 2. The summed E-state index contributed by atoms with van der Waals surface area (Å²) in [5, 5.41) is 0.678. The molecule has 0 radical (unpaired) electrons. The number of nitrogens with zero attached hydrogens (tertiary/aromatic N) is 2. The summed E-state index contributed by atoms with van der Waals surface area (Å²) in [6.45, 7) is 3.31. The highest BCUT2D eigenvalue weighted by Gasteiger charge is 2.28. The second-order valence-corrected chi connectivity index (χ2v) is 11.1. The summed E-state index contributed by atoms with van der Waals surface area (Å²) in [5.74, 6) is 0.805. The molecule has 0 N–H and O–H groups in total. The monoisotopic (exact) mass is 514 g/mol. The average molecular weight is 515 g/mol. The van der Waals surface area contributed by atoms with Crippen LogP contribution < -0.4 is 4.74 Å². The Bertz CT molecular complexity index is 1200. The maximum Gasteiger partial charge on any atom is 0.218 e. The van der Waals surface area contributed by atoms with Crippen LogP contribution in [0.3, 0.4) is 0 Å². The van der Waals surface area contributed by atoms with Crippen molar-refractivity contribution in [2.24, 2.45) is 0 Å². The van der Waals surface area contributed by atoms with Crippen molar-refractivity contribution in [1.29, 1.82) is 0 Å². The zero-order chi connectivity index (χ0) is 24.7. The van der Waals surface area contributed by atoms with Gasteiger partial charge in [-0.3, -0.25) is 4.90 Å². The molecule has 1 fully saturated rings. The molecular formula is C27H31ClN2O4S. The maximum absolute atomic E-state index is 12.9. The van der Waals surface area contributed by atoms with Gasteiger partial charge >= 0.3 is 0 Å². The lowest BCUT2D eigenvalue weighted by molar-refractivity contribution is 0.00762. The normalized spacial score (nSPS) is 16.2. The number of hydrogen-bond acceptors (Lipinski definition) is 5. The molecule has 6 nitrogen and oxygen atoms in total. The second-order valence-electron chi connectivity index (χ2n) is 8.65. The lowest BCUT2D eigenvalue weighted by Crippen LogP contribution is -2.49. The summed E-state index contributed by atoms with van der Waals surface area (Å²) >= 11 is 6.14. The summed E-state index contributed by atoms with van der Waals surface area (Å²) in [4.78, 5) is 2.26. The van der Waals surface area contributed by atoms with Crippen molar-refractivity contribution >= 4 is 21.6 Å². The molecule has 0 bridgehead atoms. The van der Waals surface area contributed by atoms with Gasteiger partial charge in [0.2, 0.25) is 10.0 Å². The van der Waals surface area contributed by atoms with Gasteiger partial charge in [-0.1, -0.05) is 66.2 Å². The molecule has 1 atom stereocenters. The molecule has 0 saturated carbocycles. The molecule has 1 aliphatic rings. The van der Waals surface area contributed by atoms with Crippen LogP contribution in [0.25, 0.3) is 0 Å². The molecule has 1 heterocycles. The van der Waals surface area contributed by atoms with Crippen molar-refractivity contribution in [3.05, 3.63) is 101 Å². The Morgan fingerprint density at radius 1 is 0.886 bits per heavy atom. The molecule has 0 aliphatic carbocycles. The molecule has 0 spiro atoms. The van der Waals surface area contributed by atoms with Gasteiger partial charge in [0.05, 0.1) is 25.6 Å². The predicted octanol–water partition coefficient (Wildman–Crippen LogP) is 4.75. The van der Waals surface area contributed by atoms with Gasteiger partial charge in [-0.25, -0.2) is 8.42 Å². The topological polar surface area (TPSA) is 59.1 Å². The Labute approximate surface area is 213 Å². The van der Waals surface area contributed by atoms with E-state index in [2.05, 4.69) is 4.90 Å². The van der Waals surface area contributed by atoms with Gasteiger partial charge in [-0.2, -0.15) is 4.31 Å². The summed E-state index contributed by atoms with van der Waals surface area (Å²) in [7, 11) is -1.70. The Morgan fingerprint density at radius 3 is 2.31 bits per heavy atom. The molecule has 8 heteroatoms. The highest BCUT2D eigenvalue weighted by Crippen LogP contribution is 2.26. The van der Waals surface area contributed by atoms with E-state index < -0.39 is 10.0 Å². The fourth-order valence-electron chi connectivity index (χ4n) is 4.22. The molecular weight excluding hydrogens is 484 g/mol. The van der Waals surface area contributed by atoms with Gasteiger partial charge in [-0.05, 0) is 41.0 Å². The number of hydrogen-bond donors (Lipinski definition) is 0. The number of piperazine rings is 1. The minimum Gasteiger partial charge on any atom is -0.497 e. The number of benzene rings is 3. The van der Waals surface area contributed by atoms with Crippen LogP contribution in [0.15, 0.2) is 78.9 Å². The largest absolute Gasteiger partial charge is 0.497 e. The summed E-state index contributed by atoms with van der Waals surface area (Å²) < 4.78 is 39.2. The van der Waals surface area contributed by atoms with E-state index in [1.807, 2.05) is 78.9 Å². The lowest BCUT2D eigenvalue weighted by Gasteiger charge is -2.36. The van der Waals surface area contributed by atoms with E-state index in [0.717, 1.165) is 22.4 Å². The molecule has 1 aliphatic heterocycles. The van der Waals surface area contributed by atoms with Crippen LogP contribution in [-0.4, -0.2) is 57.5 Å². The molecule has 3 aromatic carbocycles. The van der Waals surface area contributed by atoms with E-state index >= 15 is 0 Å². The molecule has 0 unspecified atom stereocenters. The summed E-state index contributed by atoms with van der Waals surface area (Å²) in [5.41, 5.74) is 2.83. The fourth-order valence-corrected chi connectivity index (χ4v) is 5.95. The van der Waals surface area contributed by atoms with Crippen LogP contribution in [-0.2, 0) is 27.1 Å². The van der Waals surface area contributed by atoms with Crippen LogP contribution in [0.2, 0.25) is 5.02 Å². The van der Waals surface area contributed by atoms with Crippen molar-refractivity contribution in [3.8, 4) is 5.75 Å². The van der Waals surface area contributed by atoms with Gasteiger partial charge in [0, 0.05) is 37.7 Å². The zero-order valence-electron chi connectivity index (χ0n) is 19.8. The SMILES string of the molecule is COc1cccc([C@H](CN2CCN(S(=O)(=O)Cc3ccccc3)CC2)OCc2cccc(Cl)c2)c1. The predicted molar refractivity (Wildman–Crippen MR) is 139 cm³/mol. The quantitative estimate of drug-likeness (QED) is 0.390. The van der Waals surface area contributed by atoms with E-state index in [4.69, 9.17) is 21.1 Å². The molecule has 3 aromatic rings. The third-order valence-electron chi connectivity index (χ3n) is 6.15. The first kappa shape index (κ1) is 25.7. The van der Waals surface area contributed by atoms with E-state index in [0.29, 0.717) is 44.4 Å². The molecule has 1 saturated heterocycles. The first-order valence-corrected chi connectivity index (χ1v) is 13.7. The number of rotatable bonds is 10. The Kier molecular flexibility index (Phi) is 8.81. The first-order chi connectivity index (χ1) is 16.9. The standard InChI is InChI=1S/C27H31ClN2O4S/c1-33-26-12-6-10-24(18-26)27(34-20-23-9-5-11-25(28)17-23)19-29-13-15-30(16-14-29)35(31,32)21-22-7-3-2-4-8-22/h2-12,17-18,27H,13-16,19-21H2,1H3/t27-/m0/s1. The van der Waals surface area contributed by atoms with Gasteiger partial charge < -0.3 is 9.47 Å². The van der Waals surface area contributed by atoms with Gasteiger partial charge in [0.25, 0.3) is 0 Å². The van der Waals surface area contributed by atoms with E-state index in [9.17, 15) is 8.42 Å². The Morgan fingerprint density at radius 2 is 1.60 bits per heavy atom. The van der Waals surface area contributed by atoms with Crippen LogP contribution in [0.1, 0.15) is 22.8 Å². The van der Waals surface area contributed by atoms with Gasteiger partial charge in [0.15, 0.2) is 0 Å². The second kappa shape index (κ2) is 12.0. The van der Waals surface area contributed by atoms with Gasteiger partial charge in [0.1, 0.15) is 5.75 Å². The third kappa shape index (κ3) is 7.29. The smallest absolute Gasteiger partial charge is 0.218 e. The molecule has 186 valence electrons. The zero-order valence-corrected chi connectivity index (χ0v) is 21.4. The highest BCUT2D eigenvalue weighted by molar-refractivity contribution is 7.88. The average Bonchev–Trinajstić information content (AvgIpc) is 2.87. The highest BCUT2D eigenvalue weighted by atomic mass is 35.5. The fraction of sp³-hybridized carbons (Fsp3) is 0.333. The maximum atomic E-state index is 12.9. The lowest BCUT2D eigenvalue weighted by atomic mass is 10.1. The van der Waals surface area contributed by atoms with E-state index in [-0.39, 0.29) is 11.9 Å². The van der Waals surface area contributed by atoms with E-state index in [1.54, 1.807) is 11.4 Å². The summed E-state index contributed by atoms with van der Waals surface area (Å²) in [6.07, 6.45) is -0.198. The van der Waals surface area contributed by atoms with Crippen molar-refractivity contribution in [2.75, 3.05) is 39.8 Å². The Balaban J connectivity index is 1.40. The van der Waals surface area contributed by atoms with Crippen molar-refractivity contribution in [1.82, 2.24) is 9.21 Å². The van der Waals surface area contributed by atoms with Crippen LogP contribution >= 0.6 is 11.6 Å². The van der Waals surface area contributed by atoms with Gasteiger partial charge in [-0.15, -0.1) is 0 Å². The molecule has 4 rings (SSSR count). The number of sulfonamides is 1. The minimum absolute atomic E-state index is 0.0308. The first-order valence-electron chi connectivity index (χ1n) is 11.7. The third-order valence-corrected chi connectivity index (χ3v) is 8.23. The van der Waals surface area contributed by atoms with Crippen molar-refractivity contribution < 1.29 is 17.9 Å². The summed E-state index contributed by atoms with van der Waals surface area (Å²) in [6, 6.07) is 24.9. The van der Waals surface area contributed by atoms with Crippen molar-refractivity contribution in [3.63, 3.8) is 0 Å². The van der Waals surface area contributed by atoms with E-state index in [1.165, 1.54) is 0 Å². The molecule has 0 aromatic heterocycles. The minimum atomic E-state index is -3.35. The van der Waals surface area contributed by atoms with Crippen molar-refractivity contribution in [2.45, 2.75) is 18.5 Å². The molecule has 35 heavy (non-hydrogen) atoms. The number of halogens is 1. The van der Waals surface area contributed by atoms with Crippen LogP contribution in [0.4, 0.5) is 0 Å². The van der Waals surface area contributed by atoms with Crippen LogP contribution in [0, 0.1) is 0 Å². The van der Waals surface area contributed by atoms with Crippen LogP contribution in [0.5, 0.6) is 5.75 Å². The number of methoxy groups -OCH3 is 1. The molecule has 0 amide bonds.